The lowest BCUT2D eigenvalue weighted by Crippen LogP contribution is -2.34. The molecule has 1 atom stereocenters. The third-order valence-electron chi connectivity index (χ3n) is 5.17. The number of amides is 1. The van der Waals surface area contributed by atoms with E-state index in [1.54, 1.807) is 23.1 Å². The molecule has 2 aliphatic heterocycles. The van der Waals surface area contributed by atoms with Crippen LogP contribution in [0.5, 0.6) is 0 Å². The molecule has 8 heteroatoms. The van der Waals surface area contributed by atoms with E-state index in [-0.39, 0.29) is 24.3 Å². The van der Waals surface area contributed by atoms with E-state index in [9.17, 15) is 9.18 Å². The van der Waals surface area contributed by atoms with Crippen LogP contribution in [0.25, 0.3) is 0 Å². The smallest absolute Gasteiger partial charge is 0.249 e. The molecule has 2 aromatic rings. The maximum Gasteiger partial charge on any atom is 0.249 e. The molecule has 0 aliphatic carbocycles. The topological polar surface area (TPSA) is 80.5 Å². The van der Waals surface area contributed by atoms with Crippen molar-refractivity contribution in [1.82, 2.24) is 20.4 Å². The second-order valence-corrected chi connectivity index (χ2v) is 6.98. The molecule has 2 aliphatic rings. The van der Waals surface area contributed by atoms with E-state index in [0.717, 1.165) is 26.1 Å². The van der Waals surface area contributed by atoms with Gasteiger partial charge in [-0.2, -0.15) is 4.98 Å². The summed E-state index contributed by atoms with van der Waals surface area (Å²) in [6.07, 6.45) is 2.94. The molecule has 27 heavy (non-hydrogen) atoms. The van der Waals surface area contributed by atoms with Crippen molar-refractivity contribution in [3.05, 3.63) is 47.4 Å². The van der Waals surface area contributed by atoms with Gasteiger partial charge in [0.1, 0.15) is 11.9 Å². The lowest BCUT2D eigenvalue weighted by Gasteiger charge is -2.22. The van der Waals surface area contributed by atoms with Crippen LogP contribution < -0.4 is 5.32 Å². The molecule has 0 bridgehead atoms. The highest BCUT2D eigenvalue weighted by Crippen LogP contribution is 2.33. The summed E-state index contributed by atoms with van der Waals surface area (Å²) in [6.45, 7) is 2.26. The molecule has 0 saturated carbocycles. The Bertz CT molecular complexity index is 791. The van der Waals surface area contributed by atoms with Crippen molar-refractivity contribution in [2.45, 2.75) is 50.9 Å². The fourth-order valence-corrected chi connectivity index (χ4v) is 3.61. The molecule has 1 aromatic heterocycles. The molecule has 7 nitrogen and oxygen atoms in total. The van der Waals surface area contributed by atoms with E-state index in [0.29, 0.717) is 42.7 Å². The number of rotatable bonds is 6. The zero-order chi connectivity index (χ0) is 18.6. The number of ether oxygens (including phenoxy) is 1. The van der Waals surface area contributed by atoms with E-state index in [1.807, 2.05) is 0 Å². The quantitative estimate of drug-likeness (QED) is 0.836. The standard InChI is InChI=1S/C19H23FN4O3/c20-15-4-2-1-3-13(15)12-24-16(5-6-18(24)25)19-22-17(23-27-19)11-21-14-7-9-26-10-8-14/h1-4,14,16,21H,5-12H2/t16-/m0/s1. The summed E-state index contributed by atoms with van der Waals surface area (Å²) in [7, 11) is 0. The van der Waals surface area contributed by atoms with Crippen LogP contribution in [0.3, 0.4) is 0 Å². The monoisotopic (exact) mass is 374 g/mol. The molecule has 2 saturated heterocycles. The van der Waals surface area contributed by atoms with Crippen molar-refractivity contribution in [2.75, 3.05) is 13.2 Å². The van der Waals surface area contributed by atoms with Gasteiger partial charge in [-0.05, 0) is 25.3 Å². The van der Waals surface area contributed by atoms with Crippen LogP contribution >= 0.6 is 0 Å². The summed E-state index contributed by atoms with van der Waals surface area (Å²) < 4.78 is 24.7. The first kappa shape index (κ1) is 18.1. The number of nitrogens with zero attached hydrogens (tertiary/aromatic N) is 3. The molecule has 1 N–H and O–H groups in total. The van der Waals surface area contributed by atoms with Crippen LogP contribution in [0.15, 0.2) is 28.8 Å². The first-order valence-corrected chi connectivity index (χ1v) is 9.37. The van der Waals surface area contributed by atoms with E-state index >= 15 is 0 Å². The van der Waals surface area contributed by atoms with E-state index in [1.165, 1.54) is 6.07 Å². The fraction of sp³-hybridized carbons (Fsp3) is 0.526. The van der Waals surface area contributed by atoms with E-state index in [2.05, 4.69) is 15.5 Å². The predicted molar refractivity (Wildman–Crippen MR) is 93.9 cm³/mol. The van der Waals surface area contributed by atoms with Crippen molar-refractivity contribution >= 4 is 5.91 Å². The van der Waals surface area contributed by atoms with Gasteiger partial charge in [0, 0.05) is 37.8 Å². The second-order valence-electron chi connectivity index (χ2n) is 6.98. The Kier molecular flexibility index (Phi) is 5.45. The summed E-state index contributed by atoms with van der Waals surface area (Å²) in [4.78, 5) is 18.4. The highest BCUT2D eigenvalue weighted by molar-refractivity contribution is 5.78. The van der Waals surface area contributed by atoms with Crippen molar-refractivity contribution in [3.63, 3.8) is 0 Å². The highest BCUT2D eigenvalue weighted by Gasteiger charge is 2.36. The third kappa shape index (κ3) is 4.17. The molecule has 2 fully saturated rings. The van der Waals surface area contributed by atoms with E-state index in [4.69, 9.17) is 9.26 Å². The van der Waals surface area contributed by atoms with Gasteiger partial charge >= 0.3 is 0 Å². The lowest BCUT2D eigenvalue weighted by molar-refractivity contribution is -0.130. The fourth-order valence-electron chi connectivity index (χ4n) is 3.61. The SMILES string of the molecule is O=C1CC[C@@H](c2nc(CNC3CCOCC3)no2)N1Cc1ccccc1F. The maximum atomic E-state index is 14.0. The molecule has 0 unspecified atom stereocenters. The Labute approximate surface area is 156 Å². The summed E-state index contributed by atoms with van der Waals surface area (Å²) in [6, 6.07) is 6.58. The Balaban J connectivity index is 1.41. The highest BCUT2D eigenvalue weighted by atomic mass is 19.1. The number of benzene rings is 1. The van der Waals surface area contributed by atoms with Crippen LogP contribution in [0.4, 0.5) is 4.39 Å². The van der Waals surface area contributed by atoms with E-state index < -0.39 is 0 Å². The Morgan fingerprint density at radius 3 is 2.85 bits per heavy atom. The number of carbonyl (C=O) groups excluding carboxylic acids is 1. The zero-order valence-corrected chi connectivity index (χ0v) is 15.1. The average Bonchev–Trinajstić information content (AvgIpc) is 3.30. The number of aromatic nitrogens is 2. The normalized spacial score (nSPS) is 21.1. The Hall–Kier alpha value is -2.32. The molecule has 0 radical (unpaired) electrons. The molecule has 144 valence electrons. The molecule has 4 rings (SSSR count). The van der Waals surface area contributed by atoms with Gasteiger partial charge in [-0.1, -0.05) is 23.4 Å². The minimum atomic E-state index is -0.317. The largest absolute Gasteiger partial charge is 0.381 e. The zero-order valence-electron chi connectivity index (χ0n) is 15.1. The van der Waals surface area contributed by atoms with Gasteiger partial charge in [0.2, 0.25) is 11.8 Å². The van der Waals surface area contributed by atoms with Crippen molar-refractivity contribution < 1.29 is 18.4 Å². The molecule has 1 amide bonds. The molecular formula is C19H23FN4O3. The van der Waals surface area contributed by atoms with Gasteiger partial charge in [0.25, 0.3) is 0 Å². The van der Waals surface area contributed by atoms with Crippen LogP contribution in [-0.2, 0) is 22.6 Å². The summed E-state index contributed by atoms with van der Waals surface area (Å²) in [5.41, 5.74) is 0.485. The summed E-state index contributed by atoms with van der Waals surface area (Å²) >= 11 is 0. The Morgan fingerprint density at radius 2 is 2.04 bits per heavy atom. The first-order valence-electron chi connectivity index (χ1n) is 9.37. The number of hydrogen-bond acceptors (Lipinski definition) is 6. The summed E-state index contributed by atoms with van der Waals surface area (Å²) in [5.74, 6) is 0.647. The van der Waals surface area contributed by atoms with Gasteiger partial charge < -0.3 is 19.5 Å². The average molecular weight is 374 g/mol. The Morgan fingerprint density at radius 1 is 1.22 bits per heavy atom. The van der Waals surface area contributed by atoms with Crippen LogP contribution in [0.2, 0.25) is 0 Å². The third-order valence-corrected chi connectivity index (χ3v) is 5.17. The van der Waals surface area contributed by atoms with Gasteiger partial charge in [-0.3, -0.25) is 4.79 Å². The van der Waals surface area contributed by atoms with Crippen molar-refractivity contribution in [2.24, 2.45) is 0 Å². The van der Waals surface area contributed by atoms with Crippen molar-refractivity contribution in [3.8, 4) is 0 Å². The lowest BCUT2D eigenvalue weighted by atomic mass is 10.1. The minimum absolute atomic E-state index is 0.0247. The number of likely N-dealkylation sites (tertiary alicyclic amines) is 1. The van der Waals surface area contributed by atoms with Gasteiger partial charge in [-0.25, -0.2) is 4.39 Å². The van der Waals surface area contributed by atoms with Gasteiger partial charge in [-0.15, -0.1) is 0 Å². The van der Waals surface area contributed by atoms with Crippen LogP contribution in [0, 0.1) is 5.82 Å². The van der Waals surface area contributed by atoms with Gasteiger partial charge in [0.05, 0.1) is 6.54 Å². The minimum Gasteiger partial charge on any atom is -0.381 e. The molecule has 3 heterocycles. The van der Waals surface area contributed by atoms with Crippen LogP contribution in [0.1, 0.15) is 49.0 Å². The number of hydrogen-bond donors (Lipinski definition) is 1. The molecule has 1 aromatic carbocycles. The first-order chi connectivity index (χ1) is 13.2. The number of carbonyl (C=O) groups is 1. The van der Waals surface area contributed by atoms with Crippen molar-refractivity contribution in [1.29, 1.82) is 0 Å². The maximum absolute atomic E-state index is 14.0. The number of halogens is 1. The number of nitrogens with one attached hydrogen (secondary N) is 1. The summed E-state index contributed by atoms with van der Waals surface area (Å²) in [5, 5.41) is 7.45. The molecule has 0 spiro atoms. The predicted octanol–water partition coefficient (Wildman–Crippen LogP) is 2.34. The molecular weight excluding hydrogens is 351 g/mol. The van der Waals surface area contributed by atoms with Crippen LogP contribution in [-0.4, -0.2) is 40.2 Å². The second kappa shape index (κ2) is 8.14. The van der Waals surface area contributed by atoms with Gasteiger partial charge in [0.15, 0.2) is 5.82 Å².